The van der Waals surface area contributed by atoms with Crippen LogP contribution in [0.1, 0.15) is 51.4 Å². The average Bonchev–Trinajstić information content (AvgIpc) is 3.09. The Labute approximate surface area is 350 Å². The second-order valence-corrected chi connectivity index (χ2v) is 18.2. The second kappa shape index (κ2) is 31.2. The van der Waals surface area contributed by atoms with Crippen LogP contribution in [0.15, 0.2) is 146 Å². The molecule has 12 nitrogen and oxygen atoms in total. The van der Waals surface area contributed by atoms with E-state index in [0.29, 0.717) is 0 Å². The first-order valence-electron chi connectivity index (χ1n) is 16.8. The number of hydrogen-bond acceptors (Lipinski definition) is 12. The van der Waals surface area contributed by atoms with Crippen molar-refractivity contribution in [1.82, 2.24) is 0 Å². The topological polar surface area (TPSA) is 277 Å². The standard InChI is InChI=1S/C30H32P2.C8H12.3ClHO4.Rh/c1(15-25-31(27-17-7-3-8-18-27)28-19-9-4-10-20-28)2-16-26-32(29-21-11-5-12-22-29)30-23-13-6-14-24-30;1-2-4-6-8-7-5-3-1;3*2-1(3,4)5;/h3-14,17-24H,1-2,15-16,25-26H2;1-2,7-8H,3-6H2;3*(H,2,3,4,5);/q;;;;;+3/p-3/b;2-1-,8-7?;;;;. The quantitative estimate of drug-likeness (QED) is 0.0593. The average molecular weight is 964 g/mol. The molecule has 56 heavy (non-hydrogen) atoms. The Balaban J connectivity index is 0.00000102. The molecule has 1 aliphatic carbocycles. The predicted molar refractivity (Wildman–Crippen MR) is 183 cm³/mol. The fraction of sp³-hybridized carbons (Fsp3) is 0.263. The van der Waals surface area contributed by atoms with Gasteiger partial charge in [-0.15, -0.1) is 30.7 Å². The number of halogens is 3. The maximum Gasteiger partial charge on any atom is 3.00 e. The van der Waals surface area contributed by atoms with Crippen LogP contribution in [0.25, 0.3) is 0 Å². The van der Waals surface area contributed by atoms with E-state index in [-0.39, 0.29) is 35.3 Å². The summed E-state index contributed by atoms with van der Waals surface area (Å²) in [6.07, 6.45) is 21.8. The molecule has 0 saturated carbocycles. The Morgan fingerprint density at radius 1 is 0.321 bits per heavy atom. The summed E-state index contributed by atoms with van der Waals surface area (Å²) in [4.78, 5) is 0. The van der Waals surface area contributed by atoms with Gasteiger partial charge >= 0.3 is 19.5 Å². The molecule has 0 spiro atoms. The summed E-state index contributed by atoms with van der Waals surface area (Å²) in [7, 11) is -15.3. The zero-order valence-electron chi connectivity index (χ0n) is 30.2. The van der Waals surface area contributed by atoms with Gasteiger partial charge in [-0.2, -0.15) is 0 Å². The Hall–Kier alpha value is -1.77. The largest absolute Gasteiger partial charge is 3.00 e. The van der Waals surface area contributed by atoms with E-state index in [1.807, 2.05) is 0 Å². The Morgan fingerprint density at radius 2 is 0.500 bits per heavy atom. The molecule has 0 saturated heterocycles. The molecule has 0 N–H and O–H groups in total. The van der Waals surface area contributed by atoms with Crippen LogP contribution in [0.5, 0.6) is 0 Å². The first-order valence-corrected chi connectivity index (χ1v) is 23.6. The number of unbranched alkanes of at least 4 members (excludes halogenated alkanes) is 3. The van der Waals surface area contributed by atoms with Gasteiger partial charge in [-0.1, -0.05) is 158 Å². The molecule has 0 unspecified atom stereocenters. The number of allylic oxidation sites excluding steroid dienone is 4. The molecular weight excluding hydrogens is 920 g/mol. The van der Waals surface area contributed by atoms with Crippen molar-refractivity contribution in [1.29, 1.82) is 0 Å². The van der Waals surface area contributed by atoms with Crippen LogP contribution in [0.3, 0.4) is 0 Å². The number of rotatable bonds is 11. The van der Waals surface area contributed by atoms with Gasteiger partial charge in [0.1, 0.15) is 0 Å². The number of hydrogen-bond donors (Lipinski definition) is 0. The van der Waals surface area contributed by atoms with Crippen LogP contribution in [0.2, 0.25) is 0 Å². The van der Waals surface area contributed by atoms with E-state index in [0.717, 1.165) is 0 Å². The SMILES string of the molecule is C1=CCC/C=C\CC1.[O-][Cl+3]([O-])([O-])[O-].[O-][Cl+3]([O-])([O-])[O-].[O-][Cl+3]([O-])([O-])[O-].[Rh+3].c1ccc(P(CCCCCCP(c2ccccc2)c2ccccc2)c2ccccc2)cc1. The third kappa shape index (κ3) is 34.3. The van der Waals surface area contributed by atoms with Gasteiger partial charge in [0.2, 0.25) is 0 Å². The van der Waals surface area contributed by atoms with Crippen molar-refractivity contribution in [2.75, 3.05) is 12.3 Å². The third-order valence-corrected chi connectivity index (χ3v) is 12.3. The molecule has 4 aromatic carbocycles. The maximum atomic E-state index is 8.49. The van der Waals surface area contributed by atoms with Crippen LogP contribution in [0.4, 0.5) is 0 Å². The molecule has 0 atom stereocenters. The fourth-order valence-corrected chi connectivity index (χ4v) is 9.83. The van der Waals surface area contributed by atoms with Gasteiger partial charge in [0.15, 0.2) is 0 Å². The monoisotopic (exact) mass is 962 g/mol. The van der Waals surface area contributed by atoms with Crippen LogP contribution < -0.4 is 77.1 Å². The van der Waals surface area contributed by atoms with Gasteiger partial charge in [0.25, 0.3) is 0 Å². The zero-order valence-corrected chi connectivity index (χ0v) is 35.9. The molecule has 4 aromatic rings. The minimum Gasteiger partial charge on any atom is -0.222 e. The van der Waals surface area contributed by atoms with E-state index in [1.54, 1.807) is 0 Å². The molecule has 0 aromatic heterocycles. The predicted octanol–water partition coefficient (Wildman–Crippen LogP) is -4.79. The summed E-state index contributed by atoms with van der Waals surface area (Å²) in [6.45, 7) is 0. The van der Waals surface area contributed by atoms with Gasteiger partial charge in [-0.3, -0.25) is 0 Å². The van der Waals surface area contributed by atoms with Crippen LogP contribution >= 0.6 is 15.8 Å². The van der Waals surface area contributed by atoms with Gasteiger partial charge in [0.05, 0.1) is 0 Å². The van der Waals surface area contributed by atoms with E-state index in [9.17, 15) is 0 Å². The van der Waals surface area contributed by atoms with E-state index in [4.69, 9.17) is 55.9 Å². The van der Waals surface area contributed by atoms with Gasteiger partial charge < -0.3 is 0 Å². The second-order valence-electron chi connectivity index (χ2n) is 11.3. The molecule has 5 rings (SSSR count). The molecule has 0 aliphatic heterocycles. The smallest absolute Gasteiger partial charge is 0.222 e. The fourth-order valence-electron chi connectivity index (χ4n) is 5.00. The van der Waals surface area contributed by atoms with Crippen LogP contribution in [-0.2, 0) is 19.5 Å². The van der Waals surface area contributed by atoms with E-state index < -0.39 is 30.7 Å². The van der Waals surface area contributed by atoms with Gasteiger partial charge in [-0.25, -0.2) is 55.9 Å². The van der Waals surface area contributed by atoms with E-state index in [2.05, 4.69) is 146 Å². The van der Waals surface area contributed by atoms with Crippen molar-refractivity contribution >= 4 is 37.1 Å². The van der Waals surface area contributed by atoms with Crippen molar-refractivity contribution in [2.45, 2.75) is 51.4 Å². The molecule has 0 heterocycles. The van der Waals surface area contributed by atoms with Crippen molar-refractivity contribution < 1.29 is 106 Å². The summed E-state index contributed by atoms with van der Waals surface area (Å²) < 4.78 is 102. The van der Waals surface area contributed by atoms with Gasteiger partial charge in [0, 0.05) is 0 Å². The first kappa shape index (κ1) is 54.2. The molecule has 0 radical (unpaired) electrons. The zero-order chi connectivity index (χ0) is 41.0. The van der Waals surface area contributed by atoms with Crippen molar-refractivity contribution in [3.05, 3.63) is 146 Å². The Kier molecular flexibility index (Phi) is 30.2. The molecular formula is C38H44Cl3O12P2Rh. The summed E-state index contributed by atoms with van der Waals surface area (Å²) in [5, 5.41) is 6.02. The Bertz CT molecular complexity index is 1330. The molecule has 0 amide bonds. The first-order chi connectivity index (χ1) is 25.9. The molecule has 0 bridgehead atoms. The molecule has 0 fully saturated rings. The van der Waals surface area contributed by atoms with Crippen molar-refractivity contribution in [2.24, 2.45) is 0 Å². The van der Waals surface area contributed by atoms with E-state index >= 15 is 0 Å². The summed E-state index contributed by atoms with van der Waals surface area (Å²) >= 11 is 0. The minimum atomic E-state index is -4.94. The summed E-state index contributed by atoms with van der Waals surface area (Å²) in [5.74, 6) is 0. The third-order valence-electron chi connectivity index (χ3n) is 7.12. The minimum absolute atomic E-state index is 0. The Morgan fingerprint density at radius 3 is 0.679 bits per heavy atom. The molecule has 18 heteroatoms. The number of benzene rings is 4. The van der Waals surface area contributed by atoms with Crippen molar-refractivity contribution in [3.63, 3.8) is 0 Å². The van der Waals surface area contributed by atoms with Gasteiger partial charge in [-0.05, 0) is 87.9 Å². The normalized spacial score (nSPS) is 13.0. The van der Waals surface area contributed by atoms with Crippen LogP contribution in [-0.4, -0.2) is 12.3 Å². The van der Waals surface area contributed by atoms with E-state index in [1.165, 1.54) is 84.9 Å². The van der Waals surface area contributed by atoms with Crippen LogP contribution in [0, 0.1) is 30.7 Å². The molecule has 308 valence electrons. The van der Waals surface area contributed by atoms with Crippen molar-refractivity contribution in [3.8, 4) is 0 Å². The molecule has 1 aliphatic rings. The summed E-state index contributed by atoms with van der Waals surface area (Å²) in [5.41, 5.74) is 0. The summed E-state index contributed by atoms with van der Waals surface area (Å²) in [6, 6.07) is 44.5. The maximum absolute atomic E-state index is 8.49.